The van der Waals surface area contributed by atoms with Crippen LogP contribution in [0, 0.1) is 0 Å². The van der Waals surface area contributed by atoms with Crippen molar-refractivity contribution in [2.24, 2.45) is 10.2 Å². The molecule has 0 saturated carbocycles. The van der Waals surface area contributed by atoms with Crippen molar-refractivity contribution < 1.29 is 4.79 Å². The fraction of sp³-hybridized carbons (Fsp3) is 0.500. The fourth-order valence-corrected chi connectivity index (χ4v) is 0.215. The van der Waals surface area contributed by atoms with Crippen molar-refractivity contribution >= 4 is 17.7 Å². The lowest BCUT2D eigenvalue weighted by molar-refractivity contribution is -0.111. The summed E-state index contributed by atoms with van der Waals surface area (Å²) < 4.78 is 0. The van der Waals surface area contributed by atoms with Crippen molar-refractivity contribution in [3.63, 3.8) is 0 Å². The van der Waals surface area contributed by atoms with Gasteiger partial charge in [-0.2, -0.15) is 10.2 Å². The number of nitrogens with zero attached hydrogens (tertiary/aromatic N) is 2. The second-order valence-electron chi connectivity index (χ2n) is 1.62. The molecule has 0 aliphatic rings. The Hall–Kier alpha value is -0.990. The van der Waals surface area contributed by atoms with Crippen molar-refractivity contribution in [1.82, 2.24) is 0 Å². The maximum Gasteiger partial charge on any atom is 0.175 e. The van der Waals surface area contributed by atoms with E-state index < -0.39 is 0 Å². The molecule has 0 heterocycles. The van der Waals surface area contributed by atoms with Crippen LogP contribution in [-0.2, 0) is 4.79 Å². The van der Waals surface area contributed by atoms with E-state index in [4.69, 9.17) is 0 Å². The molecule has 0 aromatic rings. The van der Waals surface area contributed by atoms with Gasteiger partial charge in [-0.1, -0.05) is 0 Å². The van der Waals surface area contributed by atoms with Crippen molar-refractivity contribution in [3.05, 3.63) is 0 Å². The first-order valence-electron chi connectivity index (χ1n) is 2.71. The Morgan fingerprint density at radius 2 is 2.00 bits per heavy atom. The summed E-state index contributed by atoms with van der Waals surface area (Å²) in [7, 11) is 0. The zero-order valence-electron chi connectivity index (χ0n) is 5.88. The second-order valence-corrected chi connectivity index (χ2v) is 1.62. The highest BCUT2D eigenvalue weighted by atomic mass is 16.1. The van der Waals surface area contributed by atoms with Crippen LogP contribution in [0.15, 0.2) is 10.2 Å². The van der Waals surface area contributed by atoms with Crippen LogP contribution in [0.4, 0.5) is 0 Å². The maximum absolute atomic E-state index is 10.4. The summed E-state index contributed by atoms with van der Waals surface area (Å²) in [6.45, 7) is 4.84. The Morgan fingerprint density at radius 3 is 2.33 bits per heavy atom. The largest absolute Gasteiger partial charge is 0.293 e. The van der Waals surface area contributed by atoms with Gasteiger partial charge in [-0.3, -0.25) is 4.79 Å². The summed E-state index contributed by atoms with van der Waals surface area (Å²) in [5, 5.41) is 7.11. The van der Waals surface area contributed by atoms with E-state index in [1.165, 1.54) is 13.1 Å². The lowest BCUT2D eigenvalue weighted by Crippen LogP contribution is -2.02. The Balaban J connectivity index is 4.00. The molecule has 0 amide bonds. The van der Waals surface area contributed by atoms with Crippen LogP contribution in [-0.4, -0.2) is 17.7 Å². The third kappa shape index (κ3) is 3.58. The van der Waals surface area contributed by atoms with Gasteiger partial charge in [0.25, 0.3) is 0 Å². The normalized spacial score (nSPS) is 12.6. The van der Waals surface area contributed by atoms with E-state index in [1.807, 2.05) is 0 Å². The lowest BCUT2D eigenvalue weighted by Gasteiger charge is -1.85. The highest BCUT2D eigenvalue weighted by Crippen LogP contribution is 1.79. The van der Waals surface area contributed by atoms with E-state index in [2.05, 4.69) is 10.2 Å². The molecule has 0 rings (SSSR count). The van der Waals surface area contributed by atoms with Gasteiger partial charge >= 0.3 is 0 Å². The number of ketones is 1. The van der Waals surface area contributed by atoms with Gasteiger partial charge in [-0.25, -0.2) is 0 Å². The summed E-state index contributed by atoms with van der Waals surface area (Å²) >= 11 is 0. The van der Waals surface area contributed by atoms with Gasteiger partial charge < -0.3 is 0 Å². The summed E-state index contributed by atoms with van der Waals surface area (Å²) in [6, 6.07) is 0. The first-order valence-corrected chi connectivity index (χ1v) is 2.71. The Labute approximate surface area is 54.5 Å². The van der Waals surface area contributed by atoms with Crippen molar-refractivity contribution in [3.8, 4) is 0 Å². The van der Waals surface area contributed by atoms with E-state index in [-0.39, 0.29) is 5.78 Å². The van der Waals surface area contributed by atoms with Crippen molar-refractivity contribution in [2.75, 3.05) is 0 Å². The molecule has 0 saturated heterocycles. The van der Waals surface area contributed by atoms with Crippen LogP contribution >= 0.6 is 0 Å². The minimum atomic E-state index is -0.0411. The fourth-order valence-electron chi connectivity index (χ4n) is 0.215. The van der Waals surface area contributed by atoms with Gasteiger partial charge in [0.15, 0.2) is 5.78 Å². The summed E-state index contributed by atoms with van der Waals surface area (Å²) in [6.07, 6.45) is 1.53. The van der Waals surface area contributed by atoms with Gasteiger partial charge in [0.1, 0.15) is 5.71 Å². The molecule has 0 fully saturated rings. The zero-order valence-corrected chi connectivity index (χ0v) is 5.88. The standard InChI is InChI=1S/C6H10N2O/c1-4-7-8-5(2)6(3)9/h4H,1-3H3/b7-4-,8-5+. The highest BCUT2D eigenvalue weighted by Gasteiger charge is 1.94. The number of hydrogen-bond donors (Lipinski definition) is 0. The third-order valence-corrected chi connectivity index (χ3v) is 0.833. The smallest absolute Gasteiger partial charge is 0.175 e. The van der Waals surface area contributed by atoms with Crippen LogP contribution in [0.5, 0.6) is 0 Å². The van der Waals surface area contributed by atoms with Gasteiger partial charge in [0, 0.05) is 13.1 Å². The first kappa shape index (κ1) is 8.01. The first-order chi connectivity index (χ1) is 4.18. The SMILES string of the molecule is C/C=N\N=C(/C)C(C)=O. The van der Waals surface area contributed by atoms with E-state index in [1.54, 1.807) is 13.8 Å². The number of rotatable bonds is 2. The minimum Gasteiger partial charge on any atom is -0.293 e. The Kier molecular flexibility index (Phi) is 3.51. The van der Waals surface area contributed by atoms with Gasteiger partial charge in [0.05, 0.1) is 0 Å². The van der Waals surface area contributed by atoms with Gasteiger partial charge in [0.2, 0.25) is 0 Å². The second kappa shape index (κ2) is 3.95. The molecular weight excluding hydrogens is 116 g/mol. The Morgan fingerprint density at radius 1 is 1.44 bits per heavy atom. The molecule has 0 radical (unpaired) electrons. The molecular formula is C6H10N2O. The Bertz CT molecular complexity index is 158. The molecule has 0 spiro atoms. The molecule has 0 aromatic carbocycles. The van der Waals surface area contributed by atoms with E-state index >= 15 is 0 Å². The monoisotopic (exact) mass is 126 g/mol. The summed E-state index contributed by atoms with van der Waals surface area (Å²) in [4.78, 5) is 10.4. The number of hydrogen-bond acceptors (Lipinski definition) is 3. The number of carbonyl (C=O) groups excluding carboxylic acids is 1. The van der Waals surface area contributed by atoms with Crippen molar-refractivity contribution in [2.45, 2.75) is 20.8 Å². The summed E-state index contributed by atoms with van der Waals surface area (Å²) in [5.74, 6) is -0.0411. The van der Waals surface area contributed by atoms with Crippen LogP contribution in [0.3, 0.4) is 0 Å². The predicted molar refractivity (Wildman–Crippen MR) is 38.0 cm³/mol. The molecule has 0 unspecified atom stereocenters. The maximum atomic E-state index is 10.4. The quantitative estimate of drug-likeness (QED) is 0.402. The molecule has 0 bridgehead atoms. The zero-order chi connectivity index (χ0) is 7.28. The van der Waals surface area contributed by atoms with E-state index in [9.17, 15) is 4.79 Å². The van der Waals surface area contributed by atoms with Crippen LogP contribution in [0.1, 0.15) is 20.8 Å². The lowest BCUT2D eigenvalue weighted by atomic mass is 10.3. The van der Waals surface area contributed by atoms with E-state index in [0.717, 1.165) is 0 Å². The van der Waals surface area contributed by atoms with Crippen LogP contribution < -0.4 is 0 Å². The molecule has 0 aromatic heterocycles. The van der Waals surface area contributed by atoms with Gasteiger partial charge in [-0.05, 0) is 13.8 Å². The average molecular weight is 126 g/mol. The predicted octanol–water partition coefficient (Wildman–Crippen LogP) is 1.04. The van der Waals surface area contributed by atoms with Crippen LogP contribution in [0.25, 0.3) is 0 Å². The molecule has 0 aliphatic heterocycles. The minimum absolute atomic E-state index is 0.0411. The van der Waals surface area contributed by atoms with Crippen molar-refractivity contribution in [1.29, 1.82) is 0 Å². The molecule has 0 aliphatic carbocycles. The molecule has 3 nitrogen and oxygen atoms in total. The molecule has 3 heteroatoms. The van der Waals surface area contributed by atoms with E-state index in [0.29, 0.717) is 5.71 Å². The number of Topliss-reactive ketones (excluding diaryl/α,β-unsaturated/α-hetero) is 1. The molecule has 9 heavy (non-hydrogen) atoms. The highest BCUT2D eigenvalue weighted by molar-refractivity contribution is 6.37. The van der Waals surface area contributed by atoms with Gasteiger partial charge in [-0.15, -0.1) is 0 Å². The topological polar surface area (TPSA) is 41.8 Å². The molecule has 0 N–H and O–H groups in total. The molecule has 50 valence electrons. The summed E-state index contributed by atoms with van der Waals surface area (Å²) in [5.41, 5.74) is 0.438. The third-order valence-electron chi connectivity index (χ3n) is 0.833. The molecule has 0 atom stereocenters. The average Bonchev–Trinajstić information content (AvgIpc) is 1.82. The number of carbonyl (C=O) groups is 1. The van der Waals surface area contributed by atoms with Crippen LogP contribution in [0.2, 0.25) is 0 Å².